The van der Waals surface area contributed by atoms with Gasteiger partial charge in [0.2, 0.25) is 17.7 Å². The first kappa shape index (κ1) is 62.1. The average Bonchev–Trinajstić information content (AvgIpc) is 4.04. The molecule has 0 bridgehead atoms. The molecule has 7 rings (SSSR count). The van der Waals surface area contributed by atoms with Gasteiger partial charge in [0.25, 0.3) is 0 Å². The largest absolute Gasteiger partial charge is 0.480 e. The summed E-state index contributed by atoms with van der Waals surface area (Å²) < 4.78 is 6.47. The lowest BCUT2D eigenvalue weighted by atomic mass is 9.43. The number of amides is 4. The fraction of sp³-hybridized carbons (Fsp3) is 0.694. The number of carbonyl (C=O) groups excluding carboxylic acids is 6. The Balaban J connectivity index is 0.819. The number of aliphatic hydroxyl groups is 2. The van der Waals surface area contributed by atoms with Gasteiger partial charge < -0.3 is 40.5 Å². The van der Waals surface area contributed by atoms with Crippen molar-refractivity contribution in [2.75, 3.05) is 33.2 Å². The zero-order chi connectivity index (χ0) is 58.4. The third-order valence-electron chi connectivity index (χ3n) is 20.0. The molecule has 11 atom stereocenters. The van der Waals surface area contributed by atoms with Gasteiger partial charge in [0.05, 0.1) is 22.4 Å². The van der Waals surface area contributed by atoms with Crippen LogP contribution in [0.25, 0.3) is 10.2 Å². The molecule has 1 unspecified atom stereocenters. The van der Waals surface area contributed by atoms with E-state index in [-0.39, 0.29) is 114 Å². The molecule has 1 heterocycles. The summed E-state index contributed by atoms with van der Waals surface area (Å²) in [6.07, 6.45) is 10.7. The number of aliphatic carboxylic acids is 1. The Kier molecular flexibility index (Phi) is 20.3. The first-order valence-electron chi connectivity index (χ1n) is 29.4. The highest BCUT2D eigenvalue weighted by molar-refractivity contribution is 7.19. The number of carbonyl (C=O) groups is 7. The van der Waals surface area contributed by atoms with E-state index in [4.69, 9.17) is 4.74 Å². The maximum atomic E-state index is 13.7. The van der Waals surface area contributed by atoms with Gasteiger partial charge in [0.15, 0.2) is 16.6 Å². The van der Waals surface area contributed by atoms with E-state index in [0.29, 0.717) is 101 Å². The van der Waals surface area contributed by atoms with Crippen LogP contribution < -0.4 is 15.4 Å². The number of thiazole rings is 1. The molecule has 4 fully saturated rings. The van der Waals surface area contributed by atoms with Gasteiger partial charge in [-0.25, -0.2) is 14.6 Å². The molecule has 18 heteroatoms. The molecule has 5 aliphatic rings. The number of nitrogens with one attached hydrogen (secondary N) is 2. The Morgan fingerprint density at radius 1 is 0.875 bits per heavy atom. The second-order valence-corrected chi connectivity index (χ2v) is 26.4. The van der Waals surface area contributed by atoms with Crippen LogP contribution in [0.2, 0.25) is 0 Å². The van der Waals surface area contributed by atoms with E-state index in [1.165, 1.54) is 21.1 Å². The van der Waals surface area contributed by atoms with Gasteiger partial charge in [-0.05, 0) is 169 Å². The van der Waals surface area contributed by atoms with E-state index in [1.54, 1.807) is 59.9 Å². The monoisotopic (exact) mass is 1120 g/mol. The molecular formula is C62H88N6O11S. The molecule has 4 amide bonds. The molecule has 1 aromatic carbocycles. The number of nitrogens with zero attached hydrogens (tertiary/aromatic N) is 4. The molecule has 2 aromatic rings. The van der Waals surface area contributed by atoms with Crippen LogP contribution in [-0.4, -0.2) is 123 Å². The van der Waals surface area contributed by atoms with Crippen LogP contribution in [0.1, 0.15) is 176 Å². The van der Waals surface area contributed by atoms with E-state index < -0.39 is 29.6 Å². The SMILES string of the molecule is CC1=C(C)C(=O)C(C(C)(C)CC(=O)N(C)CCN(CCCCCC(=O)NCCCCC(NC(=O)CC[C@@H](C)[C@H]2CC[C@H]3[C@@H]4CC[C@@H]5C[C@H](O)CC[C@]5(C)[C@H]4C[C@H](O)[C@]23C)C(=O)O)C(=O)Oc2ccc3nc(C#N)sc3c2)=C(C)C1=O. The number of ether oxygens (including phenoxy) is 1. The number of nitriles is 1. The summed E-state index contributed by atoms with van der Waals surface area (Å²) in [7, 11) is 1.62. The highest BCUT2D eigenvalue weighted by Crippen LogP contribution is 2.68. The summed E-state index contributed by atoms with van der Waals surface area (Å²) in [6, 6.07) is 5.91. The minimum Gasteiger partial charge on any atom is -0.480 e. The second-order valence-electron chi connectivity index (χ2n) is 25.4. The number of rotatable bonds is 24. The lowest BCUT2D eigenvalue weighted by molar-refractivity contribution is -0.175. The number of Topliss-reactive ketones (excluding diaryl/α,β-unsaturated/α-hetero) is 2. The number of benzene rings is 1. The molecule has 17 nitrogen and oxygen atoms in total. The summed E-state index contributed by atoms with van der Waals surface area (Å²) in [4.78, 5) is 99.3. The summed E-state index contributed by atoms with van der Waals surface area (Å²) >= 11 is 1.18. The van der Waals surface area contributed by atoms with Crippen LogP contribution in [0.3, 0.4) is 0 Å². The van der Waals surface area contributed by atoms with Crippen molar-refractivity contribution in [3.05, 3.63) is 45.5 Å². The minimum absolute atomic E-state index is 0.0430. The highest BCUT2D eigenvalue weighted by atomic mass is 32.1. The lowest BCUT2D eigenvalue weighted by Crippen LogP contribution is -2.58. The van der Waals surface area contributed by atoms with Crippen molar-refractivity contribution in [3.63, 3.8) is 0 Å². The molecule has 80 heavy (non-hydrogen) atoms. The third kappa shape index (κ3) is 13.7. The molecule has 5 N–H and O–H groups in total. The standard InChI is InChI=1S/C62H88N6O11S/c1-36(44-21-22-45-43-20-18-40-31-41(69)25-26-61(40,7)46(43)33-50(70)62(44,45)8)17-24-52(72)65-48(58(76)77)15-12-13-27-64-51(71)16-11-10-14-28-68(59(78)79-42-19-23-47-49(32-42)80-53(35-63)66-47)30-29-67(9)54(73)34-60(5,6)55-39(4)56(74)37(2)38(3)57(55)75/h19,23,32,36,40-41,43-46,48,50,69-70H,10-18,20-22,24-31,33-34H2,1-9H3,(H,64,71)(H,65,72)(H,76,77)/t36-,40-,41-,43+,44-,45+,46+,48?,50+,61+,62-/m1/s1. The van der Waals surface area contributed by atoms with Gasteiger partial charge in [-0.2, -0.15) is 5.26 Å². The number of allylic oxidation sites excluding steroid dienone is 4. The Morgan fingerprint density at radius 3 is 2.34 bits per heavy atom. The van der Waals surface area contributed by atoms with Crippen LogP contribution in [0.5, 0.6) is 5.75 Å². The zero-order valence-electron chi connectivity index (χ0n) is 48.8. The summed E-state index contributed by atoms with van der Waals surface area (Å²) in [5.74, 6) is 0.482. The molecule has 4 saturated carbocycles. The highest BCUT2D eigenvalue weighted by Gasteiger charge is 2.63. The topological polar surface area (TPSA) is 257 Å². The number of unbranched alkanes of at least 4 members (excludes halogenated alkanes) is 3. The van der Waals surface area contributed by atoms with Crippen molar-refractivity contribution < 1.29 is 53.6 Å². The van der Waals surface area contributed by atoms with Crippen molar-refractivity contribution in [2.45, 2.75) is 189 Å². The summed E-state index contributed by atoms with van der Waals surface area (Å²) in [6.45, 7) is 16.2. The number of likely N-dealkylation sites (N-methyl/N-ethyl adjacent to an activating group) is 1. The molecule has 0 radical (unpaired) electrons. The van der Waals surface area contributed by atoms with Crippen molar-refractivity contribution in [2.24, 2.45) is 51.8 Å². The number of carboxylic acid groups (broad SMARTS) is 1. The Morgan fingerprint density at radius 2 is 1.61 bits per heavy atom. The Bertz CT molecular complexity index is 2780. The summed E-state index contributed by atoms with van der Waals surface area (Å²) in [5, 5.41) is 47.7. The van der Waals surface area contributed by atoms with E-state index in [9.17, 15) is 54.1 Å². The number of hydrogen-bond donors (Lipinski definition) is 5. The normalized spacial score (nSPS) is 27.4. The van der Waals surface area contributed by atoms with Crippen LogP contribution in [0.4, 0.5) is 4.79 Å². The van der Waals surface area contributed by atoms with Gasteiger partial charge >= 0.3 is 12.1 Å². The molecular weight excluding hydrogens is 1040 g/mol. The van der Waals surface area contributed by atoms with Crippen LogP contribution in [-0.2, 0) is 28.8 Å². The Hall–Kier alpha value is -5.51. The van der Waals surface area contributed by atoms with Crippen LogP contribution in [0, 0.1) is 63.1 Å². The van der Waals surface area contributed by atoms with E-state index in [1.807, 2.05) is 6.07 Å². The Labute approximate surface area is 476 Å². The van der Waals surface area contributed by atoms with Crippen LogP contribution >= 0.6 is 11.3 Å². The molecule has 0 aliphatic heterocycles. The van der Waals surface area contributed by atoms with Crippen molar-refractivity contribution in [3.8, 4) is 11.8 Å². The average molecular weight is 1130 g/mol. The quantitative estimate of drug-likeness (QED) is 0.0485. The number of fused-ring (bicyclic) bond motifs is 6. The molecule has 0 saturated heterocycles. The number of ketones is 2. The van der Waals surface area contributed by atoms with E-state index >= 15 is 0 Å². The number of aromatic nitrogens is 1. The van der Waals surface area contributed by atoms with E-state index in [0.717, 1.165) is 51.4 Å². The third-order valence-corrected chi connectivity index (χ3v) is 21.0. The van der Waals surface area contributed by atoms with Gasteiger partial charge in [-0.1, -0.05) is 41.0 Å². The van der Waals surface area contributed by atoms with Gasteiger partial charge in [0.1, 0.15) is 17.9 Å². The summed E-state index contributed by atoms with van der Waals surface area (Å²) in [5.41, 5.74) is 1.06. The molecule has 5 aliphatic carbocycles. The fourth-order valence-electron chi connectivity index (χ4n) is 15.2. The molecule has 438 valence electrons. The minimum atomic E-state index is -1.10. The van der Waals surface area contributed by atoms with Crippen molar-refractivity contribution in [1.82, 2.24) is 25.4 Å². The molecule has 0 spiro atoms. The van der Waals surface area contributed by atoms with Crippen molar-refractivity contribution >= 4 is 62.9 Å². The first-order valence-corrected chi connectivity index (χ1v) is 30.3. The fourth-order valence-corrected chi connectivity index (χ4v) is 16.0. The number of hydrogen-bond acceptors (Lipinski definition) is 13. The number of carboxylic acids is 1. The maximum absolute atomic E-state index is 13.7. The van der Waals surface area contributed by atoms with Gasteiger partial charge in [0, 0.05) is 86.3 Å². The lowest BCUT2D eigenvalue weighted by Gasteiger charge is -2.62. The van der Waals surface area contributed by atoms with Gasteiger partial charge in [-0.15, -0.1) is 11.3 Å². The van der Waals surface area contributed by atoms with E-state index in [2.05, 4.69) is 36.4 Å². The number of aliphatic hydroxyl groups excluding tert-OH is 2. The van der Waals surface area contributed by atoms with Gasteiger partial charge in [-0.3, -0.25) is 24.0 Å². The molecule has 1 aromatic heterocycles. The van der Waals surface area contributed by atoms with Crippen LogP contribution in [0.15, 0.2) is 40.5 Å². The predicted octanol–water partition coefficient (Wildman–Crippen LogP) is 9.47. The van der Waals surface area contributed by atoms with Crippen molar-refractivity contribution in [1.29, 1.82) is 5.26 Å². The maximum Gasteiger partial charge on any atom is 0.415 e. The second kappa shape index (κ2) is 26.2. The predicted molar refractivity (Wildman–Crippen MR) is 305 cm³/mol. The zero-order valence-corrected chi connectivity index (χ0v) is 49.6. The first-order chi connectivity index (χ1) is 37.8. The smallest absolute Gasteiger partial charge is 0.415 e.